The second kappa shape index (κ2) is 9.42. The quantitative estimate of drug-likeness (QED) is 0.487. The van der Waals surface area contributed by atoms with Crippen molar-refractivity contribution in [2.75, 3.05) is 6.61 Å². The van der Waals surface area contributed by atoms with Gasteiger partial charge in [0.2, 0.25) is 0 Å². The van der Waals surface area contributed by atoms with Crippen molar-refractivity contribution < 1.29 is 18.6 Å². The van der Waals surface area contributed by atoms with Gasteiger partial charge in [0.05, 0.1) is 18.4 Å². The minimum Gasteiger partial charge on any atom is -0.516 e. The second-order valence-electron chi connectivity index (χ2n) is 5.75. The maximum Gasteiger partial charge on any atom is 0.191 e. The average molecular weight is 394 g/mol. The van der Waals surface area contributed by atoms with Crippen LogP contribution in [-0.4, -0.2) is 16.3 Å². The van der Waals surface area contributed by atoms with E-state index in [0.717, 1.165) is 30.1 Å². The van der Waals surface area contributed by atoms with Crippen LogP contribution in [0.1, 0.15) is 20.3 Å². The topological polar surface area (TPSA) is 34.4 Å². The molecule has 0 aliphatic heterocycles. The Morgan fingerprint density at radius 2 is 1.89 bits per heavy atom. The van der Waals surface area contributed by atoms with Gasteiger partial charge in [-0.1, -0.05) is 31.2 Å². The third kappa shape index (κ3) is 4.42. The van der Waals surface area contributed by atoms with Crippen LogP contribution in [0.3, 0.4) is 0 Å². The Labute approximate surface area is 162 Å². The van der Waals surface area contributed by atoms with Crippen molar-refractivity contribution >= 4 is 22.5 Å². The molecular formula is C21H22ClF2NO2. The highest BCUT2D eigenvalue weighted by Crippen LogP contribution is 2.37. The minimum atomic E-state index is -0.696. The van der Waals surface area contributed by atoms with E-state index in [-0.39, 0.29) is 12.4 Å². The molecule has 3 rings (SSSR count). The number of rotatable bonds is 5. The number of hydrogen-bond acceptors (Lipinski definition) is 2. The fraction of sp³-hybridized carbons (Fsp3) is 0.238. The van der Waals surface area contributed by atoms with E-state index in [1.54, 1.807) is 13.0 Å². The van der Waals surface area contributed by atoms with Gasteiger partial charge >= 0.3 is 0 Å². The summed E-state index contributed by atoms with van der Waals surface area (Å²) < 4.78 is 35.8. The first-order valence-corrected chi connectivity index (χ1v) is 9.00. The van der Waals surface area contributed by atoms with Crippen LogP contribution in [0.5, 0.6) is 5.75 Å². The molecule has 1 aromatic heterocycles. The molecule has 6 heteroatoms. The van der Waals surface area contributed by atoms with Gasteiger partial charge < -0.3 is 14.4 Å². The Morgan fingerprint density at radius 1 is 1.19 bits per heavy atom. The molecule has 0 spiro atoms. The molecule has 27 heavy (non-hydrogen) atoms. The van der Waals surface area contributed by atoms with E-state index in [2.05, 4.69) is 13.5 Å². The van der Waals surface area contributed by atoms with Crippen molar-refractivity contribution in [3.8, 4) is 16.9 Å². The number of aliphatic hydroxyl groups is 1. The zero-order valence-electron chi connectivity index (χ0n) is 15.3. The molecule has 144 valence electrons. The largest absolute Gasteiger partial charge is 0.516 e. The molecule has 0 atom stereocenters. The molecule has 0 radical (unpaired) electrons. The maximum atomic E-state index is 14.8. The van der Waals surface area contributed by atoms with Gasteiger partial charge in [0, 0.05) is 34.3 Å². The molecule has 3 nitrogen and oxygen atoms in total. The van der Waals surface area contributed by atoms with E-state index >= 15 is 0 Å². The summed E-state index contributed by atoms with van der Waals surface area (Å²) in [6, 6.07) is 8.19. The summed E-state index contributed by atoms with van der Waals surface area (Å²) in [6.45, 7) is 7.67. The summed E-state index contributed by atoms with van der Waals surface area (Å²) in [4.78, 5) is 0. The van der Waals surface area contributed by atoms with Gasteiger partial charge in [-0.25, -0.2) is 8.78 Å². The van der Waals surface area contributed by atoms with Crippen LogP contribution >= 0.6 is 11.6 Å². The first-order valence-electron chi connectivity index (χ1n) is 8.63. The number of aliphatic hydroxyl groups excluding tert-OH is 1. The van der Waals surface area contributed by atoms with Gasteiger partial charge in [0.25, 0.3) is 0 Å². The number of nitrogens with zero attached hydrogens (tertiary/aromatic N) is 1. The molecule has 0 aliphatic rings. The van der Waals surface area contributed by atoms with Crippen molar-refractivity contribution in [3.05, 3.63) is 66.0 Å². The lowest BCUT2D eigenvalue weighted by Gasteiger charge is -2.09. The lowest BCUT2D eigenvalue weighted by molar-refractivity contribution is 0.303. The molecule has 2 aromatic carbocycles. The van der Waals surface area contributed by atoms with E-state index in [4.69, 9.17) is 21.4 Å². The molecule has 0 saturated carbocycles. The van der Waals surface area contributed by atoms with Crippen molar-refractivity contribution in [2.45, 2.75) is 26.8 Å². The van der Waals surface area contributed by atoms with E-state index in [1.807, 2.05) is 22.9 Å². The molecule has 0 amide bonds. The van der Waals surface area contributed by atoms with E-state index in [1.165, 1.54) is 12.1 Å². The summed E-state index contributed by atoms with van der Waals surface area (Å²) >= 11 is 6.11. The Kier molecular flexibility index (Phi) is 7.25. The maximum absolute atomic E-state index is 14.8. The summed E-state index contributed by atoms with van der Waals surface area (Å²) in [5.74, 6) is -1.71. The number of fused-ring (bicyclic) bond motifs is 1. The third-order valence-corrected chi connectivity index (χ3v) is 4.17. The van der Waals surface area contributed by atoms with Crippen molar-refractivity contribution in [2.24, 2.45) is 0 Å². The van der Waals surface area contributed by atoms with Crippen molar-refractivity contribution in [3.63, 3.8) is 0 Å². The minimum absolute atomic E-state index is 0.199. The average Bonchev–Trinajstić information content (AvgIpc) is 2.97. The summed E-state index contributed by atoms with van der Waals surface area (Å²) in [5, 5.41) is 8.83. The van der Waals surface area contributed by atoms with Gasteiger partial charge in [0.15, 0.2) is 17.4 Å². The van der Waals surface area contributed by atoms with E-state index in [0.29, 0.717) is 16.1 Å². The summed E-state index contributed by atoms with van der Waals surface area (Å²) in [7, 11) is 0. The van der Waals surface area contributed by atoms with Gasteiger partial charge in [-0.05, 0) is 37.6 Å². The van der Waals surface area contributed by atoms with Crippen LogP contribution in [0.15, 0.2) is 49.4 Å². The first kappa shape index (κ1) is 20.8. The molecule has 3 aromatic rings. The van der Waals surface area contributed by atoms with Crippen LogP contribution in [0, 0.1) is 11.6 Å². The smallest absolute Gasteiger partial charge is 0.191 e. The molecule has 0 fully saturated rings. The number of aromatic nitrogens is 1. The summed E-state index contributed by atoms with van der Waals surface area (Å²) in [5.41, 5.74) is 1.96. The highest BCUT2D eigenvalue weighted by molar-refractivity contribution is 6.31. The van der Waals surface area contributed by atoms with Crippen molar-refractivity contribution in [1.29, 1.82) is 0 Å². The number of benzene rings is 2. The molecule has 0 unspecified atom stereocenters. The van der Waals surface area contributed by atoms with Crippen LogP contribution in [-0.2, 0) is 6.54 Å². The Hall–Kier alpha value is -2.53. The number of hydrogen-bond donors (Lipinski definition) is 1. The fourth-order valence-electron chi connectivity index (χ4n) is 2.92. The molecule has 1 N–H and O–H groups in total. The zero-order chi connectivity index (χ0) is 20.0. The van der Waals surface area contributed by atoms with E-state index in [9.17, 15) is 8.78 Å². The zero-order valence-corrected chi connectivity index (χ0v) is 16.1. The Morgan fingerprint density at radius 3 is 2.52 bits per heavy atom. The van der Waals surface area contributed by atoms with Crippen LogP contribution in [0.4, 0.5) is 8.78 Å². The van der Waals surface area contributed by atoms with Gasteiger partial charge in [0.1, 0.15) is 0 Å². The van der Waals surface area contributed by atoms with Crippen LogP contribution in [0.2, 0.25) is 5.02 Å². The van der Waals surface area contributed by atoms with Crippen LogP contribution in [0.25, 0.3) is 22.0 Å². The van der Waals surface area contributed by atoms with Gasteiger partial charge in [-0.2, -0.15) is 0 Å². The van der Waals surface area contributed by atoms with E-state index < -0.39 is 11.6 Å². The number of halogens is 3. The SMILES string of the molecule is C=CO.CCCn1cc(-c2ccc(F)c(OCC)c2F)c2ccc(Cl)cc21. The Balaban J connectivity index is 0.000000817. The third-order valence-electron chi connectivity index (χ3n) is 3.94. The Bertz CT molecular complexity index is 938. The van der Waals surface area contributed by atoms with Gasteiger partial charge in [-0.3, -0.25) is 0 Å². The molecule has 0 saturated heterocycles. The standard InChI is InChI=1S/C19H18ClF2NO.C2H4O/c1-3-9-23-11-15(13-6-5-12(20)10-17(13)23)14-7-8-16(21)19(18(14)22)24-4-2;1-2-3/h5-8,10-11H,3-4,9H2,1-2H3;2-3H,1H2. The monoisotopic (exact) mass is 393 g/mol. The summed E-state index contributed by atoms with van der Waals surface area (Å²) in [6.07, 6.45) is 3.57. The highest BCUT2D eigenvalue weighted by atomic mass is 35.5. The van der Waals surface area contributed by atoms with Gasteiger partial charge in [-0.15, -0.1) is 0 Å². The van der Waals surface area contributed by atoms with Crippen molar-refractivity contribution in [1.82, 2.24) is 4.57 Å². The molecule has 0 bridgehead atoms. The number of ether oxygens (including phenoxy) is 1. The molecule has 0 aliphatic carbocycles. The first-order chi connectivity index (χ1) is 13.0. The number of aryl methyl sites for hydroxylation is 1. The van der Waals surface area contributed by atoms with Crippen LogP contribution < -0.4 is 4.74 Å². The molecule has 1 heterocycles. The lowest BCUT2D eigenvalue weighted by atomic mass is 10.0. The lowest BCUT2D eigenvalue weighted by Crippen LogP contribution is -1.99. The predicted molar refractivity (Wildman–Crippen MR) is 107 cm³/mol. The second-order valence-corrected chi connectivity index (χ2v) is 6.19. The predicted octanol–water partition coefficient (Wildman–Crippen LogP) is 6.74. The normalized spacial score (nSPS) is 10.4. The fourth-order valence-corrected chi connectivity index (χ4v) is 3.09. The highest BCUT2D eigenvalue weighted by Gasteiger charge is 2.19. The molecular weight excluding hydrogens is 372 g/mol.